The second-order valence-electron chi connectivity index (χ2n) is 4.37. The average molecular weight is 245 g/mol. The maximum absolute atomic E-state index is 11.4. The van der Waals surface area contributed by atoms with Gasteiger partial charge in [-0.15, -0.1) is 0 Å². The first-order valence-corrected chi connectivity index (χ1v) is 5.88. The number of nitriles is 1. The molecule has 5 nitrogen and oxygen atoms in total. The first-order valence-electron chi connectivity index (χ1n) is 5.88. The van der Waals surface area contributed by atoms with Crippen molar-refractivity contribution >= 4 is 5.97 Å². The van der Waals surface area contributed by atoms with E-state index < -0.39 is 0 Å². The largest absolute Gasteiger partial charge is 0.469 e. The van der Waals surface area contributed by atoms with Gasteiger partial charge in [-0.25, -0.2) is 4.98 Å². The number of carbonyl (C=O) groups excluding carboxylic acids is 1. The molecule has 1 atom stereocenters. The minimum absolute atomic E-state index is 0.0443. The highest BCUT2D eigenvalue weighted by Gasteiger charge is 2.29. The van der Waals surface area contributed by atoms with Gasteiger partial charge in [0.2, 0.25) is 0 Å². The summed E-state index contributed by atoms with van der Waals surface area (Å²) in [5, 5.41) is 8.97. The van der Waals surface area contributed by atoms with Gasteiger partial charge in [0.25, 0.3) is 0 Å². The van der Waals surface area contributed by atoms with Crippen LogP contribution in [0.25, 0.3) is 0 Å². The van der Waals surface area contributed by atoms with E-state index in [9.17, 15) is 4.79 Å². The number of pyridine rings is 1. The van der Waals surface area contributed by atoms with Crippen molar-refractivity contribution in [2.45, 2.75) is 13.0 Å². The van der Waals surface area contributed by atoms with E-state index in [2.05, 4.69) is 16.0 Å². The third kappa shape index (κ3) is 2.66. The van der Waals surface area contributed by atoms with E-state index in [0.29, 0.717) is 18.8 Å². The molecule has 1 aromatic rings. The lowest BCUT2D eigenvalue weighted by Crippen LogP contribution is -2.24. The lowest BCUT2D eigenvalue weighted by Gasteiger charge is -2.15. The third-order valence-corrected chi connectivity index (χ3v) is 3.20. The number of carbonyl (C=O) groups is 1. The highest BCUT2D eigenvalue weighted by molar-refractivity contribution is 5.72. The molecule has 1 fully saturated rings. The van der Waals surface area contributed by atoms with Crippen molar-refractivity contribution in [2.24, 2.45) is 5.92 Å². The highest BCUT2D eigenvalue weighted by Crippen LogP contribution is 2.20. The first-order chi connectivity index (χ1) is 8.74. The second kappa shape index (κ2) is 5.61. The van der Waals surface area contributed by atoms with Crippen LogP contribution in [0.1, 0.15) is 17.7 Å². The van der Waals surface area contributed by atoms with Crippen LogP contribution in [0, 0.1) is 17.2 Å². The summed E-state index contributed by atoms with van der Waals surface area (Å²) < 4.78 is 4.75. The van der Waals surface area contributed by atoms with Gasteiger partial charge in [0.05, 0.1) is 13.0 Å². The first kappa shape index (κ1) is 12.5. The predicted octanol–water partition coefficient (Wildman–Crippen LogP) is 0.948. The van der Waals surface area contributed by atoms with Crippen molar-refractivity contribution < 1.29 is 9.53 Å². The monoisotopic (exact) mass is 245 g/mol. The van der Waals surface area contributed by atoms with Crippen LogP contribution in [0.15, 0.2) is 18.3 Å². The van der Waals surface area contributed by atoms with Gasteiger partial charge in [-0.1, -0.05) is 6.07 Å². The zero-order valence-electron chi connectivity index (χ0n) is 10.3. The SMILES string of the molecule is COC(=O)C1CCN(Cc2cccnc2C#N)C1. The van der Waals surface area contributed by atoms with E-state index in [-0.39, 0.29) is 11.9 Å². The molecule has 0 aromatic carbocycles. The predicted molar refractivity (Wildman–Crippen MR) is 64.4 cm³/mol. The van der Waals surface area contributed by atoms with Crippen LogP contribution in [0.5, 0.6) is 0 Å². The second-order valence-corrected chi connectivity index (χ2v) is 4.37. The maximum atomic E-state index is 11.4. The van der Waals surface area contributed by atoms with E-state index >= 15 is 0 Å². The number of nitrogens with zero attached hydrogens (tertiary/aromatic N) is 3. The van der Waals surface area contributed by atoms with Crippen molar-refractivity contribution in [2.75, 3.05) is 20.2 Å². The number of hydrogen-bond donors (Lipinski definition) is 0. The van der Waals surface area contributed by atoms with Crippen molar-refractivity contribution in [3.63, 3.8) is 0 Å². The van der Waals surface area contributed by atoms with Gasteiger partial charge in [0.15, 0.2) is 0 Å². The molecule has 0 aliphatic carbocycles. The molecule has 2 heterocycles. The molecule has 0 bridgehead atoms. The molecule has 0 radical (unpaired) electrons. The summed E-state index contributed by atoms with van der Waals surface area (Å²) in [5.74, 6) is -0.193. The van der Waals surface area contributed by atoms with Crippen LogP contribution < -0.4 is 0 Å². The zero-order valence-corrected chi connectivity index (χ0v) is 10.3. The average Bonchev–Trinajstić information content (AvgIpc) is 2.87. The Labute approximate surface area is 106 Å². The molecule has 1 unspecified atom stereocenters. The Balaban J connectivity index is 2.00. The number of hydrogen-bond acceptors (Lipinski definition) is 5. The summed E-state index contributed by atoms with van der Waals surface area (Å²) >= 11 is 0. The Morgan fingerprint density at radius 2 is 2.56 bits per heavy atom. The molecule has 1 aliphatic heterocycles. The number of aromatic nitrogens is 1. The molecular weight excluding hydrogens is 230 g/mol. The number of esters is 1. The van der Waals surface area contributed by atoms with Crippen LogP contribution in [-0.4, -0.2) is 36.1 Å². The fraction of sp³-hybridized carbons (Fsp3) is 0.462. The Kier molecular flexibility index (Phi) is 3.90. The van der Waals surface area contributed by atoms with E-state index in [1.165, 1.54) is 7.11 Å². The van der Waals surface area contributed by atoms with Crippen LogP contribution >= 0.6 is 0 Å². The number of methoxy groups -OCH3 is 1. The summed E-state index contributed by atoms with van der Waals surface area (Å²) in [4.78, 5) is 17.6. The zero-order chi connectivity index (χ0) is 13.0. The van der Waals surface area contributed by atoms with Crippen LogP contribution in [0.3, 0.4) is 0 Å². The molecule has 5 heteroatoms. The van der Waals surface area contributed by atoms with E-state index in [4.69, 9.17) is 10.00 Å². The Bertz CT molecular complexity index is 481. The molecule has 1 saturated heterocycles. The topological polar surface area (TPSA) is 66.2 Å². The fourth-order valence-electron chi connectivity index (χ4n) is 2.24. The smallest absolute Gasteiger partial charge is 0.310 e. The Morgan fingerprint density at radius 3 is 3.28 bits per heavy atom. The van der Waals surface area contributed by atoms with Gasteiger partial charge >= 0.3 is 5.97 Å². The lowest BCUT2D eigenvalue weighted by atomic mass is 10.1. The van der Waals surface area contributed by atoms with Gasteiger partial charge in [0, 0.05) is 24.8 Å². The molecule has 18 heavy (non-hydrogen) atoms. The van der Waals surface area contributed by atoms with Gasteiger partial charge in [-0.05, 0) is 19.0 Å². The van der Waals surface area contributed by atoms with E-state index in [0.717, 1.165) is 18.5 Å². The summed E-state index contributed by atoms with van der Waals surface area (Å²) in [6, 6.07) is 5.81. The molecule has 2 rings (SSSR count). The van der Waals surface area contributed by atoms with Gasteiger partial charge in [-0.2, -0.15) is 5.26 Å². The van der Waals surface area contributed by atoms with Gasteiger partial charge in [0.1, 0.15) is 11.8 Å². The number of likely N-dealkylation sites (tertiary alicyclic amines) is 1. The van der Waals surface area contributed by atoms with Crippen LogP contribution in [-0.2, 0) is 16.1 Å². The molecule has 1 aliphatic rings. The molecule has 0 saturated carbocycles. The van der Waals surface area contributed by atoms with E-state index in [1.54, 1.807) is 6.20 Å². The molecule has 1 aromatic heterocycles. The molecule has 0 spiro atoms. The van der Waals surface area contributed by atoms with Gasteiger partial charge in [-0.3, -0.25) is 9.69 Å². The summed E-state index contributed by atoms with van der Waals surface area (Å²) in [6.07, 6.45) is 2.43. The van der Waals surface area contributed by atoms with Crippen molar-refractivity contribution in [1.29, 1.82) is 5.26 Å². The molecular formula is C13H15N3O2. The van der Waals surface area contributed by atoms with E-state index in [1.807, 2.05) is 12.1 Å². The van der Waals surface area contributed by atoms with Crippen LogP contribution in [0.2, 0.25) is 0 Å². The number of ether oxygens (including phenoxy) is 1. The Hall–Kier alpha value is -1.93. The minimum atomic E-state index is -0.149. The quantitative estimate of drug-likeness (QED) is 0.742. The summed E-state index contributed by atoms with van der Waals surface area (Å²) in [7, 11) is 1.42. The fourth-order valence-corrected chi connectivity index (χ4v) is 2.24. The molecule has 94 valence electrons. The highest BCUT2D eigenvalue weighted by atomic mass is 16.5. The van der Waals surface area contributed by atoms with Crippen LogP contribution in [0.4, 0.5) is 0 Å². The maximum Gasteiger partial charge on any atom is 0.310 e. The Morgan fingerprint density at radius 1 is 1.72 bits per heavy atom. The molecule has 0 N–H and O–H groups in total. The summed E-state index contributed by atoms with van der Waals surface area (Å²) in [6.45, 7) is 2.19. The number of rotatable bonds is 3. The molecule has 0 amide bonds. The minimum Gasteiger partial charge on any atom is -0.469 e. The third-order valence-electron chi connectivity index (χ3n) is 3.20. The van der Waals surface area contributed by atoms with Crippen molar-refractivity contribution in [3.8, 4) is 6.07 Å². The summed E-state index contributed by atoms with van der Waals surface area (Å²) in [5.41, 5.74) is 1.37. The standard InChI is InChI=1S/C13H15N3O2/c1-18-13(17)11-4-6-16(9-11)8-10-3-2-5-15-12(10)7-14/h2-3,5,11H,4,6,8-9H2,1H3. The lowest BCUT2D eigenvalue weighted by molar-refractivity contribution is -0.144. The van der Waals surface area contributed by atoms with Crippen molar-refractivity contribution in [3.05, 3.63) is 29.6 Å². The van der Waals surface area contributed by atoms with Crippen molar-refractivity contribution in [1.82, 2.24) is 9.88 Å². The normalized spacial score (nSPS) is 19.4. The van der Waals surface area contributed by atoms with Gasteiger partial charge < -0.3 is 4.74 Å².